The van der Waals surface area contributed by atoms with Gasteiger partial charge in [-0.1, -0.05) is 13.3 Å². The fourth-order valence-electron chi connectivity index (χ4n) is 6.15. The van der Waals surface area contributed by atoms with Crippen LogP contribution in [0, 0.1) is 16.7 Å². The maximum absolute atomic E-state index is 13.1. The van der Waals surface area contributed by atoms with Gasteiger partial charge in [-0.15, -0.1) is 0 Å². The molecule has 0 aromatic heterocycles. The molecule has 1 N–H and O–H groups in total. The first-order chi connectivity index (χ1) is 16.6. The van der Waals surface area contributed by atoms with Crippen LogP contribution in [0.2, 0.25) is 0 Å². The molecule has 0 spiro atoms. The number of hydrogen-bond acceptors (Lipinski definition) is 9. The molecule has 0 bridgehead atoms. The van der Waals surface area contributed by atoms with E-state index in [4.69, 9.17) is 18.9 Å². The minimum atomic E-state index is -0.807. The summed E-state index contributed by atoms with van der Waals surface area (Å²) in [6, 6.07) is 5.70. The predicted octanol–water partition coefficient (Wildman–Crippen LogP) is 3.09. The van der Waals surface area contributed by atoms with Crippen molar-refractivity contribution < 1.29 is 43.2 Å². The lowest BCUT2D eigenvalue weighted by Gasteiger charge is -2.57. The second-order valence-electron chi connectivity index (χ2n) is 9.93. The minimum absolute atomic E-state index is 0.00535. The van der Waals surface area contributed by atoms with Gasteiger partial charge in [-0.2, -0.15) is 0 Å². The van der Waals surface area contributed by atoms with Gasteiger partial charge in [0.05, 0.1) is 12.2 Å². The Kier molecular flexibility index (Phi) is 6.62. The molecule has 0 radical (unpaired) electrons. The van der Waals surface area contributed by atoms with E-state index in [2.05, 4.69) is 0 Å². The van der Waals surface area contributed by atoms with Gasteiger partial charge in [0.15, 0.2) is 0 Å². The zero-order valence-electron chi connectivity index (χ0n) is 20.1. The van der Waals surface area contributed by atoms with Gasteiger partial charge in [0, 0.05) is 42.6 Å². The van der Waals surface area contributed by atoms with Crippen molar-refractivity contribution in [2.75, 3.05) is 19.8 Å². The molecule has 3 aliphatic rings. The second-order valence-corrected chi connectivity index (χ2v) is 9.93. The lowest BCUT2D eigenvalue weighted by Crippen LogP contribution is -2.58. The molecule has 9 heteroatoms. The Labute approximate surface area is 203 Å². The molecule has 1 heterocycles. The molecule has 4 rings (SSSR count). The Morgan fingerprint density at radius 1 is 1.06 bits per heavy atom. The van der Waals surface area contributed by atoms with E-state index in [1.165, 1.54) is 38.1 Å². The summed E-state index contributed by atoms with van der Waals surface area (Å²) in [5, 5.41) is 9.56. The topological polar surface area (TPSA) is 125 Å². The zero-order chi connectivity index (χ0) is 25.4. The van der Waals surface area contributed by atoms with Gasteiger partial charge in [-0.25, -0.2) is 9.59 Å². The number of benzene rings is 1. The third-order valence-electron chi connectivity index (χ3n) is 7.55. The number of phenols is 1. The normalized spacial score (nSPS) is 29.5. The summed E-state index contributed by atoms with van der Waals surface area (Å²) in [6.07, 6.45) is 1.43. The number of esters is 4. The SMILES string of the molecule is CC(=O)OCC1(C)CCCC2(COC(C)=O)C3=C(CC(OC(=O)c4ccc(O)cc4)C12)C(=O)OC3. The Morgan fingerprint density at radius 3 is 2.37 bits per heavy atom. The Morgan fingerprint density at radius 2 is 1.71 bits per heavy atom. The first kappa shape index (κ1) is 24.8. The van der Waals surface area contributed by atoms with Crippen LogP contribution in [-0.2, 0) is 33.3 Å². The number of phenolic OH excluding ortho intramolecular Hbond substituents is 1. The van der Waals surface area contributed by atoms with Gasteiger partial charge in [0.1, 0.15) is 25.1 Å². The highest BCUT2D eigenvalue weighted by atomic mass is 16.6. The van der Waals surface area contributed by atoms with Gasteiger partial charge < -0.3 is 24.1 Å². The van der Waals surface area contributed by atoms with Gasteiger partial charge in [0.2, 0.25) is 0 Å². The Bertz CT molecular complexity index is 1070. The summed E-state index contributed by atoms with van der Waals surface area (Å²) in [4.78, 5) is 49.3. The van der Waals surface area contributed by atoms with E-state index in [1.54, 1.807) is 0 Å². The highest BCUT2D eigenvalue weighted by Gasteiger charge is 2.62. The highest BCUT2D eigenvalue weighted by molar-refractivity contribution is 5.93. The molecule has 188 valence electrons. The van der Waals surface area contributed by atoms with E-state index in [0.717, 1.165) is 12.0 Å². The summed E-state index contributed by atoms with van der Waals surface area (Å²) in [5.74, 6) is -2.33. The lowest BCUT2D eigenvalue weighted by atomic mass is 9.48. The lowest BCUT2D eigenvalue weighted by molar-refractivity contribution is -0.167. The average molecular weight is 487 g/mol. The number of ether oxygens (including phenoxy) is 4. The van der Waals surface area contributed by atoms with Crippen LogP contribution < -0.4 is 0 Å². The molecule has 4 unspecified atom stereocenters. The largest absolute Gasteiger partial charge is 0.508 e. The molecule has 1 aromatic carbocycles. The molecular formula is C26H30O9. The smallest absolute Gasteiger partial charge is 0.338 e. The quantitative estimate of drug-likeness (QED) is 0.477. The minimum Gasteiger partial charge on any atom is -0.508 e. The first-order valence-corrected chi connectivity index (χ1v) is 11.7. The Balaban J connectivity index is 1.79. The van der Waals surface area contributed by atoms with Crippen LogP contribution in [0.1, 0.15) is 56.8 Å². The van der Waals surface area contributed by atoms with Crippen LogP contribution >= 0.6 is 0 Å². The standard InChI is InChI=1S/C26H30O9/c1-15(27)33-13-25(3)9-4-10-26(14-34-16(2)28)20-12-32-24(31)19(20)11-21(22(25)26)35-23(30)17-5-7-18(29)8-6-17/h5-8,21-22,29H,4,9-14H2,1-3H3. The molecule has 1 fully saturated rings. The van der Waals surface area contributed by atoms with Gasteiger partial charge in [-0.05, 0) is 42.7 Å². The third kappa shape index (κ3) is 4.63. The van der Waals surface area contributed by atoms with Crippen LogP contribution in [0.15, 0.2) is 35.4 Å². The van der Waals surface area contributed by atoms with Crippen LogP contribution in [0.5, 0.6) is 5.75 Å². The molecule has 1 aliphatic heterocycles. The molecule has 9 nitrogen and oxygen atoms in total. The molecule has 35 heavy (non-hydrogen) atoms. The third-order valence-corrected chi connectivity index (χ3v) is 7.55. The monoisotopic (exact) mass is 486 g/mol. The van der Waals surface area contributed by atoms with Gasteiger partial charge in [-0.3, -0.25) is 9.59 Å². The van der Waals surface area contributed by atoms with E-state index in [9.17, 15) is 24.3 Å². The van der Waals surface area contributed by atoms with E-state index in [0.29, 0.717) is 18.4 Å². The summed E-state index contributed by atoms with van der Waals surface area (Å²) in [7, 11) is 0. The molecule has 2 aliphatic carbocycles. The number of carbonyl (C=O) groups is 4. The van der Waals surface area contributed by atoms with Crippen molar-refractivity contribution in [3.8, 4) is 5.75 Å². The van der Waals surface area contributed by atoms with Crippen LogP contribution in [0.25, 0.3) is 0 Å². The summed E-state index contributed by atoms with van der Waals surface area (Å²) in [5.41, 5.74) is 0.0554. The maximum Gasteiger partial charge on any atom is 0.338 e. The van der Waals surface area contributed by atoms with E-state index < -0.39 is 46.7 Å². The van der Waals surface area contributed by atoms with Crippen molar-refractivity contribution in [3.05, 3.63) is 41.0 Å². The van der Waals surface area contributed by atoms with E-state index >= 15 is 0 Å². The predicted molar refractivity (Wildman–Crippen MR) is 121 cm³/mol. The zero-order valence-corrected chi connectivity index (χ0v) is 20.1. The van der Waals surface area contributed by atoms with E-state index in [1.807, 2.05) is 6.92 Å². The number of fused-ring (bicyclic) bond motifs is 2. The first-order valence-electron chi connectivity index (χ1n) is 11.7. The molecule has 0 amide bonds. The van der Waals surface area contributed by atoms with Crippen molar-refractivity contribution in [2.24, 2.45) is 16.7 Å². The van der Waals surface area contributed by atoms with Gasteiger partial charge in [0.25, 0.3) is 0 Å². The van der Waals surface area contributed by atoms with Crippen molar-refractivity contribution in [1.29, 1.82) is 0 Å². The number of hydrogen-bond donors (Lipinski definition) is 1. The fourth-order valence-corrected chi connectivity index (χ4v) is 6.15. The molecule has 4 atom stereocenters. The van der Waals surface area contributed by atoms with Crippen LogP contribution in [0.4, 0.5) is 0 Å². The number of carbonyl (C=O) groups excluding carboxylic acids is 4. The number of cyclic esters (lactones) is 1. The van der Waals surface area contributed by atoms with Crippen molar-refractivity contribution in [1.82, 2.24) is 0 Å². The maximum atomic E-state index is 13.1. The molecule has 0 saturated heterocycles. The number of rotatable bonds is 6. The fraction of sp³-hybridized carbons (Fsp3) is 0.538. The summed E-state index contributed by atoms with van der Waals surface area (Å²) < 4.78 is 22.4. The van der Waals surface area contributed by atoms with Crippen molar-refractivity contribution in [2.45, 2.75) is 52.6 Å². The van der Waals surface area contributed by atoms with Crippen LogP contribution in [0.3, 0.4) is 0 Å². The molecular weight excluding hydrogens is 456 g/mol. The highest BCUT2D eigenvalue weighted by Crippen LogP contribution is 2.61. The van der Waals surface area contributed by atoms with Gasteiger partial charge >= 0.3 is 23.9 Å². The van der Waals surface area contributed by atoms with Crippen LogP contribution in [-0.4, -0.2) is 54.9 Å². The van der Waals surface area contributed by atoms with E-state index in [-0.39, 0.29) is 37.6 Å². The summed E-state index contributed by atoms with van der Waals surface area (Å²) in [6.45, 7) is 4.83. The molecule has 1 saturated carbocycles. The molecule has 1 aromatic rings. The second kappa shape index (κ2) is 9.36. The number of aromatic hydroxyl groups is 1. The van der Waals surface area contributed by atoms with Crippen molar-refractivity contribution >= 4 is 23.9 Å². The van der Waals surface area contributed by atoms with Crippen molar-refractivity contribution in [3.63, 3.8) is 0 Å². The Hall–Kier alpha value is -3.36. The summed E-state index contributed by atoms with van der Waals surface area (Å²) >= 11 is 0. The average Bonchev–Trinajstić information content (AvgIpc) is 3.18.